The Labute approximate surface area is 207 Å². The Balaban J connectivity index is 2.59. The Morgan fingerprint density at radius 1 is 0.853 bits per heavy atom. The lowest BCUT2D eigenvalue weighted by atomic mass is 9.94. The van der Waals surface area contributed by atoms with Gasteiger partial charge >= 0.3 is 5.97 Å². The lowest BCUT2D eigenvalue weighted by Crippen LogP contribution is -2.06. The number of allylic oxidation sites excluding steroid dienone is 4. The van der Waals surface area contributed by atoms with Gasteiger partial charge in [-0.2, -0.15) is 0 Å². The van der Waals surface area contributed by atoms with E-state index in [9.17, 15) is 20.1 Å². The van der Waals surface area contributed by atoms with E-state index in [1.165, 1.54) is 56.9 Å². The fourth-order valence-corrected chi connectivity index (χ4v) is 4.33. The molecular weight excluding hydrogens is 424 g/mol. The second kappa shape index (κ2) is 17.2. The number of aromatic hydroxyl groups is 2. The predicted molar refractivity (Wildman–Crippen MR) is 143 cm³/mol. The highest BCUT2D eigenvalue weighted by Crippen LogP contribution is 2.35. The number of carbonyl (C=O) groups is 1. The largest absolute Gasteiger partial charge is 0.508 e. The van der Waals surface area contributed by atoms with Crippen LogP contribution in [0.25, 0.3) is 0 Å². The van der Waals surface area contributed by atoms with Gasteiger partial charge in [0.05, 0.1) is 0 Å². The molecule has 1 aromatic rings. The Kier molecular flexibility index (Phi) is 15.1. The summed E-state index contributed by atoms with van der Waals surface area (Å²) in [6.07, 6.45) is 20.3. The summed E-state index contributed by atoms with van der Waals surface area (Å²) in [6.45, 7) is 8.40. The monoisotopic (exact) mass is 472 g/mol. The SMILES string of the molecule is CCCCCCCCCCCCCc1cc(O)c(C/C=C(\C)CCC=C(C)C)c(O)c1C(=O)O. The first-order chi connectivity index (χ1) is 16.3. The van der Waals surface area contributed by atoms with Gasteiger partial charge in [0.25, 0.3) is 0 Å². The molecule has 0 saturated carbocycles. The standard InChI is InChI=1S/C30H48O4/c1-5-6-7-8-9-10-11-12-13-14-15-19-25-22-27(31)26(29(32)28(25)30(33)34)21-20-24(4)18-16-17-23(2)3/h17,20,22,31-32H,5-16,18-19,21H2,1-4H3,(H,33,34)/b24-20+. The minimum absolute atomic E-state index is 0.0195. The number of phenolic OH excluding ortho intramolecular Hbond substituents is 1. The third-order valence-corrected chi connectivity index (χ3v) is 6.47. The van der Waals surface area contributed by atoms with Crippen molar-refractivity contribution < 1.29 is 20.1 Å². The third kappa shape index (κ3) is 11.8. The van der Waals surface area contributed by atoms with Crippen molar-refractivity contribution in [3.63, 3.8) is 0 Å². The number of hydrogen-bond acceptors (Lipinski definition) is 3. The molecule has 192 valence electrons. The van der Waals surface area contributed by atoms with Crippen molar-refractivity contribution in [1.29, 1.82) is 0 Å². The molecule has 0 unspecified atom stereocenters. The van der Waals surface area contributed by atoms with E-state index in [2.05, 4.69) is 26.8 Å². The van der Waals surface area contributed by atoms with Crippen molar-refractivity contribution in [2.24, 2.45) is 0 Å². The summed E-state index contributed by atoms with van der Waals surface area (Å²) in [5, 5.41) is 30.9. The Morgan fingerprint density at radius 3 is 1.94 bits per heavy atom. The molecule has 0 aliphatic heterocycles. The highest BCUT2D eigenvalue weighted by atomic mass is 16.4. The first-order valence-electron chi connectivity index (χ1n) is 13.4. The molecule has 0 bridgehead atoms. The Morgan fingerprint density at radius 2 is 1.41 bits per heavy atom. The fraction of sp³-hybridized carbons (Fsp3) is 0.633. The maximum Gasteiger partial charge on any atom is 0.339 e. The van der Waals surface area contributed by atoms with Crippen LogP contribution in [0.1, 0.15) is 133 Å². The maximum absolute atomic E-state index is 11.9. The van der Waals surface area contributed by atoms with Gasteiger partial charge in [-0.25, -0.2) is 4.79 Å². The molecule has 0 fully saturated rings. The number of unbranched alkanes of at least 4 members (excludes halogenated alkanes) is 10. The van der Waals surface area contributed by atoms with E-state index in [4.69, 9.17) is 0 Å². The van der Waals surface area contributed by atoms with Crippen molar-refractivity contribution in [2.75, 3.05) is 0 Å². The molecule has 0 amide bonds. The number of aromatic carboxylic acids is 1. The average Bonchev–Trinajstić information content (AvgIpc) is 2.76. The molecule has 0 aromatic heterocycles. The minimum Gasteiger partial charge on any atom is -0.508 e. The summed E-state index contributed by atoms with van der Waals surface area (Å²) in [5.41, 5.74) is 3.18. The lowest BCUT2D eigenvalue weighted by Gasteiger charge is -2.14. The Hall–Kier alpha value is -2.23. The number of carboxylic acids is 1. The molecule has 4 heteroatoms. The molecule has 0 atom stereocenters. The molecule has 0 radical (unpaired) electrons. The molecular formula is C30H48O4. The molecule has 34 heavy (non-hydrogen) atoms. The summed E-state index contributed by atoms with van der Waals surface area (Å²) >= 11 is 0. The zero-order chi connectivity index (χ0) is 25.3. The smallest absolute Gasteiger partial charge is 0.339 e. The van der Waals surface area contributed by atoms with Gasteiger partial charge in [0.1, 0.15) is 17.1 Å². The van der Waals surface area contributed by atoms with Crippen molar-refractivity contribution >= 4 is 5.97 Å². The Bertz CT molecular complexity index is 801. The van der Waals surface area contributed by atoms with Gasteiger partial charge in [-0.1, -0.05) is 94.4 Å². The van der Waals surface area contributed by atoms with Gasteiger partial charge < -0.3 is 15.3 Å². The van der Waals surface area contributed by atoms with E-state index in [1.807, 2.05) is 13.0 Å². The molecule has 4 nitrogen and oxygen atoms in total. The van der Waals surface area contributed by atoms with Gasteiger partial charge in [0.2, 0.25) is 0 Å². The van der Waals surface area contributed by atoms with Gasteiger partial charge in [-0.3, -0.25) is 0 Å². The van der Waals surface area contributed by atoms with Crippen LogP contribution in [0.2, 0.25) is 0 Å². The first kappa shape index (κ1) is 29.8. The number of hydrogen-bond donors (Lipinski definition) is 3. The molecule has 0 saturated heterocycles. The lowest BCUT2D eigenvalue weighted by molar-refractivity contribution is 0.0692. The minimum atomic E-state index is -1.14. The van der Waals surface area contributed by atoms with Crippen LogP contribution in [0.5, 0.6) is 11.5 Å². The summed E-state index contributed by atoms with van der Waals surface area (Å²) in [4.78, 5) is 11.9. The van der Waals surface area contributed by atoms with E-state index in [0.29, 0.717) is 24.0 Å². The van der Waals surface area contributed by atoms with Crippen molar-refractivity contribution in [1.82, 2.24) is 0 Å². The highest BCUT2D eigenvalue weighted by Gasteiger charge is 2.21. The van der Waals surface area contributed by atoms with E-state index >= 15 is 0 Å². The van der Waals surface area contributed by atoms with Crippen LogP contribution in [0.3, 0.4) is 0 Å². The average molecular weight is 473 g/mol. The molecule has 0 aliphatic carbocycles. The molecule has 0 spiro atoms. The van der Waals surface area contributed by atoms with Crippen molar-refractivity contribution in [3.05, 3.63) is 46.1 Å². The van der Waals surface area contributed by atoms with Gasteiger partial charge in [-0.05, 0) is 64.5 Å². The first-order valence-corrected chi connectivity index (χ1v) is 13.4. The number of carboxylic acid groups (broad SMARTS) is 1. The van der Waals surface area contributed by atoms with E-state index in [0.717, 1.165) is 37.7 Å². The quantitative estimate of drug-likeness (QED) is 0.147. The third-order valence-electron chi connectivity index (χ3n) is 6.47. The van der Waals surface area contributed by atoms with Crippen molar-refractivity contribution in [2.45, 2.75) is 124 Å². The van der Waals surface area contributed by atoms with Gasteiger partial charge in [-0.15, -0.1) is 0 Å². The summed E-state index contributed by atoms with van der Waals surface area (Å²) in [5.74, 6) is -1.45. The fourth-order valence-electron chi connectivity index (χ4n) is 4.33. The summed E-state index contributed by atoms with van der Waals surface area (Å²) < 4.78 is 0. The summed E-state index contributed by atoms with van der Waals surface area (Å²) in [6, 6.07) is 1.54. The van der Waals surface area contributed by atoms with E-state index in [-0.39, 0.29) is 17.1 Å². The van der Waals surface area contributed by atoms with E-state index in [1.54, 1.807) is 6.07 Å². The van der Waals surface area contributed by atoms with E-state index < -0.39 is 5.97 Å². The normalized spacial score (nSPS) is 11.6. The molecule has 3 N–H and O–H groups in total. The zero-order valence-electron chi connectivity index (χ0n) is 22.1. The molecule has 0 aliphatic rings. The van der Waals surface area contributed by atoms with Crippen molar-refractivity contribution in [3.8, 4) is 11.5 Å². The number of phenols is 2. The van der Waals surface area contributed by atoms with Crippen LogP contribution >= 0.6 is 0 Å². The van der Waals surface area contributed by atoms with Crippen LogP contribution in [-0.4, -0.2) is 21.3 Å². The highest BCUT2D eigenvalue weighted by molar-refractivity contribution is 5.93. The molecule has 0 heterocycles. The molecule has 1 rings (SSSR count). The second-order valence-corrected chi connectivity index (χ2v) is 9.92. The summed E-state index contributed by atoms with van der Waals surface area (Å²) in [7, 11) is 0. The van der Waals surface area contributed by atoms with Crippen LogP contribution in [0, 0.1) is 0 Å². The topological polar surface area (TPSA) is 77.8 Å². The van der Waals surface area contributed by atoms with Crippen LogP contribution < -0.4 is 0 Å². The van der Waals surface area contributed by atoms with Crippen LogP contribution in [-0.2, 0) is 12.8 Å². The predicted octanol–water partition coefficient (Wildman–Crippen LogP) is 8.88. The number of aryl methyl sites for hydroxylation is 1. The maximum atomic E-state index is 11.9. The molecule has 1 aromatic carbocycles. The second-order valence-electron chi connectivity index (χ2n) is 9.92. The zero-order valence-corrected chi connectivity index (χ0v) is 22.1. The van der Waals surface area contributed by atoms with Gasteiger partial charge in [0.15, 0.2) is 0 Å². The van der Waals surface area contributed by atoms with Crippen LogP contribution in [0.15, 0.2) is 29.4 Å². The van der Waals surface area contributed by atoms with Gasteiger partial charge in [0, 0.05) is 5.56 Å². The number of benzene rings is 1. The van der Waals surface area contributed by atoms with Crippen LogP contribution in [0.4, 0.5) is 0 Å². The number of rotatable bonds is 18.